The molecule has 1 N–H and O–H groups in total. The number of halogens is 1. The Bertz CT molecular complexity index is 1290. The minimum atomic E-state index is -3.71. The number of amides is 4. The molecule has 35 heavy (non-hydrogen) atoms. The molecule has 2 aromatic carbocycles. The number of urea groups is 1. The van der Waals surface area contributed by atoms with E-state index in [0.29, 0.717) is 11.4 Å². The fourth-order valence-corrected chi connectivity index (χ4v) is 6.67. The van der Waals surface area contributed by atoms with Crippen LogP contribution in [0.3, 0.4) is 0 Å². The fourth-order valence-electron chi connectivity index (χ4n) is 5.12. The van der Waals surface area contributed by atoms with Crippen molar-refractivity contribution >= 4 is 39.5 Å². The monoisotopic (exact) mass is 516 g/mol. The summed E-state index contributed by atoms with van der Waals surface area (Å²) in [6, 6.07) is 12.9. The Kier molecular flexibility index (Phi) is 6.06. The van der Waals surface area contributed by atoms with Gasteiger partial charge in [-0.15, -0.1) is 0 Å². The number of nitrogens with one attached hydrogen (secondary N) is 1. The molecule has 0 radical (unpaired) electrons. The summed E-state index contributed by atoms with van der Waals surface area (Å²) in [5.41, 5.74) is 0.691. The highest BCUT2D eigenvalue weighted by atomic mass is 35.5. The van der Waals surface area contributed by atoms with Gasteiger partial charge in [0.25, 0.3) is 5.91 Å². The fraction of sp³-hybridized carbons (Fsp3) is 0.375. The number of rotatable bonds is 4. The summed E-state index contributed by atoms with van der Waals surface area (Å²) in [6.07, 6.45) is 2.08. The Balaban J connectivity index is 1.25. The molecule has 1 atom stereocenters. The Hall–Kier alpha value is -2.95. The van der Waals surface area contributed by atoms with Gasteiger partial charge in [-0.05, 0) is 54.7 Å². The molecule has 3 aliphatic rings. The van der Waals surface area contributed by atoms with E-state index >= 15 is 0 Å². The Morgan fingerprint density at radius 2 is 1.69 bits per heavy atom. The molecule has 2 aromatic rings. The molecule has 5 rings (SSSR count). The number of hydrogen-bond donors (Lipinski definition) is 1. The number of nitrogens with zero attached hydrogens (tertiary/aromatic N) is 3. The van der Waals surface area contributed by atoms with Gasteiger partial charge < -0.3 is 10.2 Å². The largest absolute Gasteiger partial charge is 0.338 e. The van der Waals surface area contributed by atoms with Gasteiger partial charge in [0, 0.05) is 31.2 Å². The van der Waals surface area contributed by atoms with Crippen molar-refractivity contribution < 1.29 is 22.8 Å². The third-order valence-electron chi connectivity index (χ3n) is 6.99. The number of aryl methyl sites for hydroxylation is 1. The van der Waals surface area contributed by atoms with E-state index < -0.39 is 33.4 Å². The number of fused-ring (bicyclic) bond motifs is 2. The van der Waals surface area contributed by atoms with E-state index in [-0.39, 0.29) is 37.6 Å². The minimum Gasteiger partial charge on any atom is -0.338 e. The van der Waals surface area contributed by atoms with Crippen molar-refractivity contribution in [2.24, 2.45) is 0 Å². The SMILES string of the molecule is O=C(CN1C(=O)N[C@]2(CCCc3ccccc32)C1=O)N1CCN(S(=O)(=O)c2ccc(Cl)cc2)CC1. The molecule has 2 saturated heterocycles. The standard InChI is InChI=1S/C24H25ClN4O5S/c25-18-7-9-19(10-8-18)35(33,34)28-14-12-27(13-15-28)21(30)16-29-22(31)24(26-23(29)32)11-3-5-17-4-1-2-6-20(17)24/h1-2,4,6-10H,3,5,11-16H2,(H,26,32)/t24-/m0/s1. The molecular formula is C24H25ClN4O5S. The maximum atomic E-state index is 13.4. The second-order valence-electron chi connectivity index (χ2n) is 8.98. The van der Waals surface area contributed by atoms with Crippen LogP contribution in [0.5, 0.6) is 0 Å². The van der Waals surface area contributed by atoms with E-state index in [0.717, 1.165) is 28.9 Å². The molecule has 0 bridgehead atoms. The Morgan fingerprint density at radius 3 is 2.40 bits per heavy atom. The van der Waals surface area contributed by atoms with Gasteiger partial charge >= 0.3 is 6.03 Å². The third kappa shape index (κ3) is 4.09. The van der Waals surface area contributed by atoms with Crippen LogP contribution in [0, 0.1) is 0 Å². The van der Waals surface area contributed by atoms with Gasteiger partial charge in [0.1, 0.15) is 12.1 Å². The van der Waals surface area contributed by atoms with Gasteiger partial charge in [-0.2, -0.15) is 4.31 Å². The van der Waals surface area contributed by atoms with E-state index in [9.17, 15) is 22.8 Å². The average molecular weight is 517 g/mol. The molecule has 2 fully saturated rings. The van der Waals surface area contributed by atoms with Crippen molar-refractivity contribution in [1.82, 2.24) is 19.4 Å². The van der Waals surface area contributed by atoms with Crippen molar-refractivity contribution in [2.45, 2.75) is 29.7 Å². The number of carbonyl (C=O) groups is 3. The van der Waals surface area contributed by atoms with Crippen LogP contribution in [0.4, 0.5) is 4.79 Å². The van der Waals surface area contributed by atoms with Crippen LogP contribution in [0.2, 0.25) is 5.02 Å². The lowest BCUT2D eigenvalue weighted by atomic mass is 9.76. The predicted octanol–water partition coefficient (Wildman–Crippen LogP) is 1.96. The van der Waals surface area contributed by atoms with Crippen molar-refractivity contribution in [3.05, 3.63) is 64.7 Å². The van der Waals surface area contributed by atoms with Crippen LogP contribution in [0.1, 0.15) is 24.0 Å². The quantitative estimate of drug-likeness (QED) is 0.625. The second-order valence-corrected chi connectivity index (χ2v) is 11.4. The third-order valence-corrected chi connectivity index (χ3v) is 9.15. The average Bonchev–Trinajstić information content (AvgIpc) is 3.09. The van der Waals surface area contributed by atoms with Gasteiger partial charge in [-0.1, -0.05) is 35.9 Å². The molecular weight excluding hydrogens is 492 g/mol. The van der Waals surface area contributed by atoms with Gasteiger partial charge in [-0.25, -0.2) is 13.2 Å². The van der Waals surface area contributed by atoms with E-state index in [4.69, 9.17) is 11.6 Å². The number of imide groups is 1. The summed E-state index contributed by atoms with van der Waals surface area (Å²) in [5.74, 6) is -0.801. The summed E-state index contributed by atoms with van der Waals surface area (Å²) in [6.45, 7) is 0.202. The molecule has 0 unspecified atom stereocenters. The van der Waals surface area contributed by atoms with Crippen molar-refractivity contribution in [3.8, 4) is 0 Å². The smallest absolute Gasteiger partial charge is 0.325 e. The first kappa shape index (κ1) is 23.8. The lowest BCUT2D eigenvalue weighted by Gasteiger charge is -2.35. The molecule has 2 aliphatic heterocycles. The Labute approximate surface area is 208 Å². The first-order chi connectivity index (χ1) is 16.7. The van der Waals surface area contributed by atoms with Crippen molar-refractivity contribution in [3.63, 3.8) is 0 Å². The number of benzene rings is 2. The van der Waals surface area contributed by atoms with Gasteiger partial charge in [0.05, 0.1) is 4.90 Å². The molecule has 0 aromatic heterocycles. The maximum Gasteiger partial charge on any atom is 0.325 e. The lowest BCUT2D eigenvalue weighted by molar-refractivity contribution is -0.140. The van der Waals surface area contributed by atoms with Crippen LogP contribution in [0.15, 0.2) is 53.4 Å². The van der Waals surface area contributed by atoms with Crippen molar-refractivity contribution in [2.75, 3.05) is 32.7 Å². The number of hydrogen-bond acceptors (Lipinski definition) is 5. The predicted molar refractivity (Wildman–Crippen MR) is 128 cm³/mol. The summed E-state index contributed by atoms with van der Waals surface area (Å²) >= 11 is 5.86. The van der Waals surface area contributed by atoms with Gasteiger partial charge in [-0.3, -0.25) is 14.5 Å². The Morgan fingerprint density at radius 1 is 1.00 bits per heavy atom. The van der Waals surface area contributed by atoms with Gasteiger partial charge in [0.2, 0.25) is 15.9 Å². The topological polar surface area (TPSA) is 107 Å². The summed E-state index contributed by atoms with van der Waals surface area (Å²) in [7, 11) is -3.71. The molecule has 4 amide bonds. The number of sulfonamides is 1. The van der Waals surface area contributed by atoms with E-state index in [1.165, 1.54) is 33.5 Å². The highest BCUT2D eigenvalue weighted by molar-refractivity contribution is 7.89. The summed E-state index contributed by atoms with van der Waals surface area (Å²) < 4.78 is 27.1. The van der Waals surface area contributed by atoms with Crippen LogP contribution in [-0.4, -0.2) is 73.1 Å². The zero-order valence-electron chi connectivity index (χ0n) is 18.9. The van der Waals surface area contributed by atoms with Crippen LogP contribution in [-0.2, 0) is 31.6 Å². The molecule has 1 aliphatic carbocycles. The number of carbonyl (C=O) groups excluding carboxylic acids is 3. The van der Waals surface area contributed by atoms with Crippen LogP contribution >= 0.6 is 11.6 Å². The molecule has 9 nitrogen and oxygen atoms in total. The molecule has 184 valence electrons. The molecule has 0 saturated carbocycles. The lowest BCUT2D eigenvalue weighted by Crippen LogP contribution is -2.53. The molecule has 2 heterocycles. The number of piperazine rings is 1. The van der Waals surface area contributed by atoms with Crippen LogP contribution in [0.25, 0.3) is 0 Å². The maximum absolute atomic E-state index is 13.4. The van der Waals surface area contributed by atoms with E-state index in [1.54, 1.807) is 0 Å². The summed E-state index contributed by atoms with van der Waals surface area (Å²) in [5, 5.41) is 3.30. The molecule has 1 spiro atoms. The zero-order valence-corrected chi connectivity index (χ0v) is 20.5. The first-order valence-electron chi connectivity index (χ1n) is 11.5. The van der Waals surface area contributed by atoms with Crippen molar-refractivity contribution in [1.29, 1.82) is 0 Å². The highest BCUT2D eigenvalue weighted by Gasteiger charge is 2.54. The first-order valence-corrected chi connectivity index (χ1v) is 13.3. The zero-order chi connectivity index (χ0) is 24.8. The van der Waals surface area contributed by atoms with E-state index in [1.807, 2.05) is 24.3 Å². The molecule has 11 heteroatoms. The highest BCUT2D eigenvalue weighted by Crippen LogP contribution is 2.39. The summed E-state index contributed by atoms with van der Waals surface area (Å²) in [4.78, 5) is 41.8. The van der Waals surface area contributed by atoms with Crippen LogP contribution < -0.4 is 5.32 Å². The van der Waals surface area contributed by atoms with E-state index in [2.05, 4.69) is 5.32 Å². The minimum absolute atomic E-state index is 0.119. The normalized spacial score (nSPS) is 22.9. The second kappa shape index (κ2) is 8.92. The van der Waals surface area contributed by atoms with Gasteiger partial charge in [0.15, 0.2) is 0 Å².